The zero-order valence-corrected chi connectivity index (χ0v) is 13.6. The van der Waals surface area contributed by atoms with E-state index < -0.39 is 5.82 Å². The maximum atomic E-state index is 13.4. The number of nitrogens with one attached hydrogen (secondary N) is 1. The highest BCUT2D eigenvalue weighted by molar-refractivity contribution is 5.94. The predicted octanol–water partition coefficient (Wildman–Crippen LogP) is 1.87. The molecule has 0 unspecified atom stereocenters. The second-order valence-electron chi connectivity index (χ2n) is 6.01. The number of amides is 1. The Morgan fingerprint density at radius 1 is 1.30 bits per heavy atom. The minimum atomic E-state index is -0.493. The summed E-state index contributed by atoms with van der Waals surface area (Å²) in [5, 5.41) is 2.86. The summed E-state index contributed by atoms with van der Waals surface area (Å²) >= 11 is 0. The molecular weight excluding hydrogens is 299 g/mol. The third-order valence-corrected chi connectivity index (χ3v) is 4.07. The highest BCUT2D eigenvalue weighted by atomic mass is 19.1. The Morgan fingerprint density at radius 3 is 2.61 bits per heavy atom. The number of ether oxygens (including phenoxy) is 1. The zero-order chi connectivity index (χ0) is 16.8. The van der Waals surface area contributed by atoms with Crippen molar-refractivity contribution in [3.8, 4) is 5.75 Å². The lowest BCUT2D eigenvalue weighted by molar-refractivity contribution is -0.118. The van der Waals surface area contributed by atoms with E-state index in [-0.39, 0.29) is 17.3 Å². The van der Waals surface area contributed by atoms with Crippen LogP contribution in [0.4, 0.5) is 4.39 Å². The molecular formula is C17H23FN2O3. The lowest BCUT2D eigenvalue weighted by Crippen LogP contribution is -2.40. The van der Waals surface area contributed by atoms with Gasteiger partial charge in [-0.15, -0.1) is 0 Å². The van der Waals surface area contributed by atoms with Crippen molar-refractivity contribution in [1.82, 2.24) is 10.2 Å². The molecule has 0 bridgehead atoms. The van der Waals surface area contributed by atoms with E-state index >= 15 is 0 Å². The first-order valence-corrected chi connectivity index (χ1v) is 7.82. The van der Waals surface area contributed by atoms with Crippen LogP contribution >= 0.6 is 0 Å². The van der Waals surface area contributed by atoms with Crippen LogP contribution in [0, 0.1) is 11.7 Å². The number of ketones is 1. The number of Topliss-reactive ketones (excluding diaryl/α,β-unsaturated/α-hetero) is 1. The molecule has 1 amide bonds. The summed E-state index contributed by atoms with van der Waals surface area (Å²) < 4.78 is 18.4. The largest absolute Gasteiger partial charge is 0.497 e. The summed E-state index contributed by atoms with van der Waals surface area (Å²) in [6.07, 6.45) is 1.89. The van der Waals surface area contributed by atoms with Crippen LogP contribution in [0.3, 0.4) is 0 Å². The van der Waals surface area contributed by atoms with Gasteiger partial charge in [0, 0.05) is 18.2 Å². The average molecular weight is 322 g/mol. The molecule has 1 aromatic rings. The summed E-state index contributed by atoms with van der Waals surface area (Å²) in [6.45, 7) is 4.40. The van der Waals surface area contributed by atoms with Crippen molar-refractivity contribution in [3.05, 3.63) is 29.6 Å². The quantitative estimate of drug-likeness (QED) is 0.868. The first kappa shape index (κ1) is 17.4. The summed E-state index contributed by atoms with van der Waals surface area (Å²) in [5.74, 6) is 0.100. The number of hydrogen-bond acceptors (Lipinski definition) is 4. The molecule has 0 aromatic heterocycles. The molecule has 1 heterocycles. The van der Waals surface area contributed by atoms with Crippen molar-refractivity contribution >= 4 is 11.7 Å². The number of carbonyl (C=O) groups is 2. The molecule has 23 heavy (non-hydrogen) atoms. The molecule has 6 heteroatoms. The number of methoxy groups -OCH3 is 1. The molecule has 1 N–H and O–H groups in total. The maximum absolute atomic E-state index is 13.4. The number of rotatable bonds is 6. The molecule has 1 aliphatic rings. The van der Waals surface area contributed by atoms with Crippen LogP contribution in [0.2, 0.25) is 0 Å². The molecule has 2 rings (SSSR count). The van der Waals surface area contributed by atoms with Gasteiger partial charge in [0.15, 0.2) is 0 Å². The Morgan fingerprint density at radius 2 is 2.00 bits per heavy atom. The Hall–Kier alpha value is -1.95. The van der Waals surface area contributed by atoms with E-state index in [4.69, 9.17) is 4.74 Å². The fraction of sp³-hybridized carbons (Fsp3) is 0.529. The highest BCUT2D eigenvalue weighted by Gasteiger charge is 2.20. The second-order valence-corrected chi connectivity index (χ2v) is 6.01. The minimum absolute atomic E-state index is 0.178. The van der Waals surface area contributed by atoms with Gasteiger partial charge in [0.1, 0.15) is 17.3 Å². The average Bonchev–Trinajstić information content (AvgIpc) is 2.52. The SMILES string of the molecule is COc1cc(F)cc(C(=O)NCC2CCN(CC(C)=O)CC2)c1. The van der Waals surface area contributed by atoms with Gasteiger partial charge < -0.3 is 10.1 Å². The molecule has 1 aliphatic heterocycles. The van der Waals surface area contributed by atoms with Crippen molar-refractivity contribution in [2.24, 2.45) is 5.92 Å². The smallest absolute Gasteiger partial charge is 0.251 e. The Bertz CT molecular complexity index is 569. The molecule has 1 saturated heterocycles. The van der Waals surface area contributed by atoms with E-state index in [0.717, 1.165) is 25.9 Å². The highest BCUT2D eigenvalue weighted by Crippen LogP contribution is 2.18. The summed E-state index contributed by atoms with van der Waals surface area (Å²) in [7, 11) is 1.44. The molecule has 0 saturated carbocycles. The van der Waals surface area contributed by atoms with Crippen LogP contribution in [0.1, 0.15) is 30.1 Å². The van der Waals surface area contributed by atoms with Gasteiger partial charge in [-0.05, 0) is 50.9 Å². The van der Waals surface area contributed by atoms with Gasteiger partial charge in [-0.25, -0.2) is 4.39 Å². The second kappa shape index (κ2) is 8.06. The third kappa shape index (κ3) is 5.32. The van der Waals surface area contributed by atoms with Gasteiger partial charge in [-0.2, -0.15) is 0 Å². The molecule has 0 aliphatic carbocycles. The van der Waals surface area contributed by atoms with Gasteiger partial charge in [-0.1, -0.05) is 0 Å². The van der Waals surface area contributed by atoms with Crippen LogP contribution < -0.4 is 10.1 Å². The number of carbonyl (C=O) groups excluding carboxylic acids is 2. The monoisotopic (exact) mass is 322 g/mol. The van der Waals surface area contributed by atoms with Crippen LogP contribution in [0.25, 0.3) is 0 Å². The van der Waals surface area contributed by atoms with E-state index in [1.54, 1.807) is 6.92 Å². The van der Waals surface area contributed by atoms with E-state index in [0.29, 0.717) is 24.8 Å². The molecule has 1 aromatic carbocycles. The van der Waals surface area contributed by atoms with E-state index in [2.05, 4.69) is 10.2 Å². The first-order chi connectivity index (χ1) is 11.0. The number of halogens is 1. The van der Waals surface area contributed by atoms with E-state index in [9.17, 15) is 14.0 Å². The lowest BCUT2D eigenvalue weighted by atomic mass is 9.96. The van der Waals surface area contributed by atoms with Gasteiger partial charge in [0.2, 0.25) is 0 Å². The number of hydrogen-bond donors (Lipinski definition) is 1. The Labute approximate surface area is 135 Å². The van der Waals surface area contributed by atoms with Gasteiger partial charge in [-0.3, -0.25) is 14.5 Å². The van der Waals surface area contributed by atoms with Crippen LogP contribution in [0.15, 0.2) is 18.2 Å². The molecule has 0 atom stereocenters. The van der Waals surface area contributed by atoms with Crippen LogP contribution in [0.5, 0.6) is 5.75 Å². The number of benzene rings is 1. The molecule has 0 radical (unpaired) electrons. The number of likely N-dealkylation sites (tertiary alicyclic amines) is 1. The van der Waals surface area contributed by atoms with Crippen molar-refractivity contribution in [1.29, 1.82) is 0 Å². The van der Waals surface area contributed by atoms with Crippen molar-refractivity contribution in [2.75, 3.05) is 33.3 Å². The normalized spacial score (nSPS) is 16.1. The van der Waals surface area contributed by atoms with Gasteiger partial charge in [0.05, 0.1) is 13.7 Å². The summed E-state index contributed by atoms with van der Waals surface area (Å²) in [6, 6.07) is 3.96. The summed E-state index contributed by atoms with van der Waals surface area (Å²) in [5.41, 5.74) is 0.260. The van der Waals surface area contributed by atoms with Crippen LogP contribution in [-0.4, -0.2) is 49.9 Å². The molecule has 1 fully saturated rings. The molecule has 0 spiro atoms. The van der Waals surface area contributed by atoms with E-state index in [1.807, 2.05) is 0 Å². The van der Waals surface area contributed by atoms with Crippen molar-refractivity contribution < 1.29 is 18.7 Å². The zero-order valence-electron chi connectivity index (χ0n) is 13.6. The number of piperidine rings is 1. The maximum Gasteiger partial charge on any atom is 0.251 e. The van der Waals surface area contributed by atoms with Gasteiger partial charge in [0.25, 0.3) is 5.91 Å². The standard InChI is InChI=1S/C17H23FN2O3/c1-12(21)11-20-5-3-13(4-6-20)10-19-17(22)14-7-15(18)9-16(8-14)23-2/h7-9,13H,3-6,10-11H2,1-2H3,(H,19,22). The van der Waals surface area contributed by atoms with Crippen LogP contribution in [-0.2, 0) is 4.79 Å². The number of nitrogens with zero attached hydrogens (tertiary/aromatic N) is 1. The topological polar surface area (TPSA) is 58.6 Å². The summed E-state index contributed by atoms with van der Waals surface area (Å²) in [4.78, 5) is 25.4. The Kier molecular flexibility index (Phi) is 6.10. The fourth-order valence-electron chi connectivity index (χ4n) is 2.81. The third-order valence-electron chi connectivity index (χ3n) is 4.07. The fourth-order valence-corrected chi connectivity index (χ4v) is 2.81. The minimum Gasteiger partial charge on any atom is -0.497 e. The van der Waals surface area contributed by atoms with Gasteiger partial charge >= 0.3 is 0 Å². The predicted molar refractivity (Wildman–Crippen MR) is 85.1 cm³/mol. The van der Waals surface area contributed by atoms with Crippen molar-refractivity contribution in [2.45, 2.75) is 19.8 Å². The molecule has 5 nitrogen and oxygen atoms in total. The lowest BCUT2D eigenvalue weighted by Gasteiger charge is -2.31. The van der Waals surface area contributed by atoms with E-state index in [1.165, 1.54) is 25.3 Å². The van der Waals surface area contributed by atoms with Crippen molar-refractivity contribution in [3.63, 3.8) is 0 Å². The Balaban J connectivity index is 1.81. The molecule has 126 valence electrons. The first-order valence-electron chi connectivity index (χ1n) is 7.82.